The monoisotopic (exact) mass is 365 g/mol. The Bertz CT molecular complexity index is 929. The highest BCUT2D eigenvalue weighted by atomic mass is 16.2. The van der Waals surface area contributed by atoms with Crippen LogP contribution in [0.5, 0.6) is 0 Å². The summed E-state index contributed by atoms with van der Waals surface area (Å²) >= 11 is 0. The van der Waals surface area contributed by atoms with Crippen LogP contribution in [-0.2, 0) is 6.42 Å². The Morgan fingerprint density at radius 3 is 2.78 bits per heavy atom. The summed E-state index contributed by atoms with van der Waals surface area (Å²) in [6.07, 6.45) is 4.26. The van der Waals surface area contributed by atoms with Gasteiger partial charge in [-0.25, -0.2) is 9.50 Å². The molecule has 2 aromatic heterocycles. The molecule has 1 aromatic carbocycles. The van der Waals surface area contributed by atoms with Crippen molar-refractivity contribution in [2.45, 2.75) is 13.3 Å². The molecule has 0 saturated carbocycles. The van der Waals surface area contributed by atoms with Crippen molar-refractivity contribution in [3.8, 4) is 0 Å². The van der Waals surface area contributed by atoms with E-state index in [0.717, 1.165) is 38.2 Å². The first-order chi connectivity index (χ1) is 13.2. The fraction of sp³-hybridized carbons (Fsp3) is 0.368. The van der Waals surface area contributed by atoms with Crippen molar-refractivity contribution in [3.63, 3.8) is 0 Å². The molecule has 0 radical (unpaired) electrons. The van der Waals surface area contributed by atoms with Crippen molar-refractivity contribution in [2.75, 3.05) is 37.6 Å². The van der Waals surface area contributed by atoms with Gasteiger partial charge in [-0.2, -0.15) is 4.98 Å². The van der Waals surface area contributed by atoms with Crippen molar-refractivity contribution < 1.29 is 4.79 Å². The number of nitrogens with one attached hydrogen (secondary N) is 2. The van der Waals surface area contributed by atoms with E-state index in [-0.39, 0.29) is 11.7 Å². The van der Waals surface area contributed by atoms with Crippen LogP contribution >= 0.6 is 0 Å². The van der Waals surface area contributed by atoms with Gasteiger partial charge in [0.15, 0.2) is 0 Å². The summed E-state index contributed by atoms with van der Waals surface area (Å²) in [7, 11) is 0. The van der Waals surface area contributed by atoms with E-state index in [0.29, 0.717) is 12.3 Å². The molecule has 140 valence electrons. The first-order valence-electron chi connectivity index (χ1n) is 9.21. The van der Waals surface area contributed by atoms with E-state index in [9.17, 15) is 4.79 Å². The number of anilines is 1. The van der Waals surface area contributed by atoms with Crippen LogP contribution < -0.4 is 15.5 Å². The second-order valence-electron chi connectivity index (χ2n) is 6.72. The summed E-state index contributed by atoms with van der Waals surface area (Å²) in [5.41, 5.74) is 3.40. The number of benzene rings is 1. The zero-order valence-electron chi connectivity index (χ0n) is 15.4. The van der Waals surface area contributed by atoms with E-state index in [4.69, 9.17) is 0 Å². The average molecular weight is 365 g/mol. The number of hydrogen-bond acceptors (Lipinski definition) is 6. The molecule has 8 nitrogen and oxygen atoms in total. The lowest BCUT2D eigenvalue weighted by Crippen LogP contribution is -2.43. The van der Waals surface area contributed by atoms with Gasteiger partial charge in [0.1, 0.15) is 0 Å². The summed E-state index contributed by atoms with van der Waals surface area (Å²) in [6, 6.07) is 8.55. The Morgan fingerprint density at radius 2 is 2.00 bits per heavy atom. The van der Waals surface area contributed by atoms with Gasteiger partial charge in [0.2, 0.25) is 5.82 Å². The standard InChI is InChI=1S/C19H23N7O/c1-14-12-22-19-23-17(24-26(19)13-14)18(27)21-7-6-15-2-4-16(5-3-15)25-10-8-20-9-11-25/h2-5,12-13,20H,6-11H2,1H3,(H,21,27). The van der Waals surface area contributed by atoms with E-state index in [1.807, 2.05) is 6.92 Å². The molecule has 3 aromatic rings. The molecular formula is C19H23N7O. The molecule has 8 heteroatoms. The number of piperazine rings is 1. The molecule has 0 aliphatic carbocycles. The van der Waals surface area contributed by atoms with E-state index in [2.05, 4.69) is 54.9 Å². The first-order valence-corrected chi connectivity index (χ1v) is 9.21. The number of rotatable bonds is 5. The summed E-state index contributed by atoms with van der Waals surface area (Å²) in [5, 5.41) is 10.4. The lowest BCUT2D eigenvalue weighted by Gasteiger charge is -2.29. The van der Waals surface area contributed by atoms with Gasteiger partial charge in [-0.05, 0) is 36.6 Å². The Morgan fingerprint density at radius 1 is 1.22 bits per heavy atom. The number of aryl methyl sites for hydroxylation is 1. The molecule has 4 rings (SSSR count). The first kappa shape index (κ1) is 17.4. The fourth-order valence-electron chi connectivity index (χ4n) is 3.17. The quantitative estimate of drug-likeness (QED) is 0.696. The number of fused-ring (bicyclic) bond motifs is 1. The lowest BCUT2D eigenvalue weighted by atomic mass is 10.1. The maximum atomic E-state index is 12.3. The normalized spacial score (nSPS) is 14.5. The Labute approximate surface area is 157 Å². The number of aromatic nitrogens is 4. The smallest absolute Gasteiger partial charge is 0.291 e. The van der Waals surface area contributed by atoms with Gasteiger partial charge >= 0.3 is 0 Å². The molecule has 1 amide bonds. The predicted molar refractivity (Wildman–Crippen MR) is 103 cm³/mol. The third-order valence-electron chi connectivity index (χ3n) is 4.64. The molecule has 0 unspecified atom stereocenters. The zero-order chi connectivity index (χ0) is 18.6. The Hall–Kier alpha value is -3.00. The summed E-state index contributed by atoms with van der Waals surface area (Å²) in [5.74, 6) is 0.284. The molecule has 2 N–H and O–H groups in total. The van der Waals surface area contributed by atoms with Gasteiger partial charge in [0.05, 0.1) is 0 Å². The maximum absolute atomic E-state index is 12.3. The second-order valence-corrected chi connectivity index (χ2v) is 6.72. The average Bonchev–Trinajstić information content (AvgIpc) is 3.12. The third kappa shape index (κ3) is 4.06. The highest BCUT2D eigenvalue weighted by Crippen LogP contribution is 2.16. The Balaban J connectivity index is 1.31. The molecule has 1 aliphatic rings. The third-order valence-corrected chi connectivity index (χ3v) is 4.64. The molecule has 1 saturated heterocycles. The minimum Gasteiger partial charge on any atom is -0.369 e. The lowest BCUT2D eigenvalue weighted by molar-refractivity contribution is 0.0944. The summed E-state index contributed by atoms with van der Waals surface area (Å²) in [6.45, 7) is 6.58. The van der Waals surface area contributed by atoms with Gasteiger partial charge in [-0.1, -0.05) is 12.1 Å². The highest BCUT2D eigenvalue weighted by molar-refractivity contribution is 5.90. The number of amides is 1. The van der Waals surface area contributed by atoms with E-state index < -0.39 is 0 Å². The maximum Gasteiger partial charge on any atom is 0.291 e. The van der Waals surface area contributed by atoms with Crippen LogP contribution in [0.1, 0.15) is 21.7 Å². The molecule has 3 heterocycles. The topological polar surface area (TPSA) is 87.5 Å². The van der Waals surface area contributed by atoms with Gasteiger partial charge < -0.3 is 15.5 Å². The van der Waals surface area contributed by atoms with Gasteiger partial charge in [0.25, 0.3) is 11.7 Å². The fourth-order valence-corrected chi connectivity index (χ4v) is 3.17. The van der Waals surface area contributed by atoms with Crippen molar-refractivity contribution in [1.29, 1.82) is 0 Å². The Kier molecular flexibility index (Phi) is 4.97. The minimum absolute atomic E-state index is 0.141. The molecule has 27 heavy (non-hydrogen) atoms. The molecule has 1 aliphatic heterocycles. The van der Waals surface area contributed by atoms with Crippen molar-refractivity contribution >= 4 is 17.4 Å². The summed E-state index contributed by atoms with van der Waals surface area (Å²) in [4.78, 5) is 23.0. The number of hydrogen-bond donors (Lipinski definition) is 2. The highest BCUT2D eigenvalue weighted by Gasteiger charge is 2.13. The SMILES string of the molecule is Cc1cnc2nc(C(=O)NCCc3ccc(N4CCNCC4)cc3)nn2c1. The minimum atomic E-state index is -0.282. The molecule has 0 bridgehead atoms. The van der Waals surface area contributed by atoms with Crippen LogP contribution in [0.25, 0.3) is 5.78 Å². The van der Waals surface area contributed by atoms with Gasteiger partial charge in [-0.3, -0.25) is 4.79 Å². The number of carbonyl (C=O) groups is 1. The van der Waals surface area contributed by atoms with Crippen molar-refractivity contribution in [2.24, 2.45) is 0 Å². The van der Waals surface area contributed by atoms with Crippen LogP contribution in [-0.4, -0.2) is 58.2 Å². The van der Waals surface area contributed by atoms with E-state index >= 15 is 0 Å². The van der Waals surface area contributed by atoms with Crippen LogP contribution in [0.15, 0.2) is 36.7 Å². The number of nitrogens with zero attached hydrogens (tertiary/aromatic N) is 5. The second kappa shape index (κ2) is 7.71. The van der Waals surface area contributed by atoms with Crippen LogP contribution in [0, 0.1) is 6.92 Å². The number of carbonyl (C=O) groups excluding carboxylic acids is 1. The zero-order valence-corrected chi connectivity index (χ0v) is 15.4. The molecule has 0 atom stereocenters. The predicted octanol–water partition coefficient (Wildman–Crippen LogP) is 0.815. The largest absolute Gasteiger partial charge is 0.369 e. The van der Waals surface area contributed by atoms with E-state index in [1.165, 1.54) is 15.8 Å². The molecule has 0 spiro atoms. The van der Waals surface area contributed by atoms with E-state index in [1.54, 1.807) is 12.4 Å². The molecular weight excluding hydrogens is 342 g/mol. The van der Waals surface area contributed by atoms with Crippen LogP contribution in [0.4, 0.5) is 5.69 Å². The molecule has 1 fully saturated rings. The van der Waals surface area contributed by atoms with Gasteiger partial charge in [-0.15, -0.1) is 5.10 Å². The van der Waals surface area contributed by atoms with Crippen LogP contribution in [0.2, 0.25) is 0 Å². The van der Waals surface area contributed by atoms with Crippen molar-refractivity contribution in [3.05, 3.63) is 53.6 Å². The van der Waals surface area contributed by atoms with Gasteiger partial charge in [0, 0.05) is 50.8 Å². The van der Waals surface area contributed by atoms with Crippen LogP contribution in [0.3, 0.4) is 0 Å². The summed E-state index contributed by atoms with van der Waals surface area (Å²) < 4.78 is 1.53. The van der Waals surface area contributed by atoms with Crippen molar-refractivity contribution in [1.82, 2.24) is 30.2 Å².